The summed E-state index contributed by atoms with van der Waals surface area (Å²) in [6.45, 7) is 4.78. The first kappa shape index (κ1) is 10.6. The van der Waals surface area contributed by atoms with Crippen LogP contribution >= 0.6 is 0 Å². The van der Waals surface area contributed by atoms with Gasteiger partial charge < -0.3 is 4.90 Å². The van der Waals surface area contributed by atoms with Crippen LogP contribution in [-0.4, -0.2) is 13.6 Å². The van der Waals surface area contributed by atoms with Gasteiger partial charge in [0.15, 0.2) is 0 Å². The lowest BCUT2D eigenvalue weighted by Crippen LogP contribution is -2.22. The van der Waals surface area contributed by atoms with Crippen LogP contribution in [0.4, 0.5) is 5.69 Å². The molecule has 2 nitrogen and oxygen atoms in total. The summed E-state index contributed by atoms with van der Waals surface area (Å²) in [7, 11) is 2.01. The van der Waals surface area contributed by atoms with Crippen LogP contribution in [0.3, 0.4) is 0 Å². The largest absolute Gasteiger partial charge is 0.373 e. The number of nitriles is 1. The highest BCUT2D eigenvalue weighted by molar-refractivity contribution is 5.46. The van der Waals surface area contributed by atoms with E-state index in [0.29, 0.717) is 0 Å². The molecule has 0 amide bonds. The smallest absolute Gasteiger partial charge is 0.0671 e. The zero-order valence-corrected chi connectivity index (χ0v) is 8.99. The molecule has 14 heavy (non-hydrogen) atoms. The van der Waals surface area contributed by atoms with Crippen LogP contribution < -0.4 is 4.90 Å². The van der Waals surface area contributed by atoms with E-state index < -0.39 is 0 Å². The number of anilines is 1. The summed E-state index contributed by atoms with van der Waals surface area (Å²) in [4.78, 5) is 2.10. The molecule has 0 N–H and O–H groups in total. The van der Waals surface area contributed by atoms with Gasteiger partial charge in [0.05, 0.1) is 12.0 Å². The summed E-state index contributed by atoms with van der Waals surface area (Å²) in [6, 6.07) is 10.6. The van der Waals surface area contributed by atoms with Gasteiger partial charge in [-0.1, -0.05) is 17.7 Å². The van der Waals surface area contributed by atoms with E-state index in [9.17, 15) is 0 Å². The van der Waals surface area contributed by atoms with E-state index in [1.54, 1.807) is 0 Å². The van der Waals surface area contributed by atoms with Crippen molar-refractivity contribution >= 4 is 5.69 Å². The molecule has 0 aromatic heterocycles. The molecule has 2 heteroatoms. The fourth-order valence-corrected chi connectivity index (χ4v) is 1.36. The Hall–Kier alpha value is -1.49. The molecule has 0 saturated carbocycles. The molecular weight excluding hydrogens is 172 g/mol. The maximum absolute atomic E-state index is 8.70. The van der Waals surface area contributed by atoms with Gasteiger partial charge in [-0.25, -0.2) is 0 Å². The van der Waals surface area contributed by atoms with Gasteiger partial charge in [0.1, 0.15) is 0 Å². The van der Waals surface area contributed by atoms with Crippen LogP contribution in [0.25, 0.3) is 0 Å². The third-order valence-corrected chi connectivity index (χ3v) is 2.24. The summed E-state index contributed by atoms with van der Waals surface area (Å²) in [5, 5.41) is 8.70. The predicted molar refractivity (Wildman–Crippen MR) is 59.2 cm³/mol. The zero-order chi connectivity index (χ0) is 10.6. The molecule has 0 saturated heterocycles. The van der Waals surface area contributed by atoms with Crippen molar-refractivity contribution in [3.8, 4) is 6.07 Å². The van der Waals surface area contributed by atoms with Gasteiger partial charge in [0.25, 0.3) is 0 Å². The number of rotatable bonds is 3. The Balaban J connectivity index is 2.66. The van der Waals surface area contributed by atoms with Gasteiger partial charge in [-0.3, -0.25) is 0 Å². The number of hydrogen-bond acceptors (Lipinski definition) is 2. The van der Waals surface area contributed by atoms with Crippen molar-refractivity contribution in [3.63, 3.8) is 0 Å². The minimum atomic E-state index is 0.0707. The third kappa shape index (κ3) is 2.77. The second kappa shape index (κ2) is 4.66. The van der Waals surface area contributed by atoms with Crippen LogP contribution in [0.2, 0.25) is 0 Å². The Morgan fingerprint density at radius 1 is 1.36 bits per heavy atom. The molecule has 1 unspecified atom stereocenters. The molecule has 0 aliphatic heterocycles. The maximum Gasteiger partial charge on any atom is 0.0671 e. The fourth-order valence-electron chi connectivity index (χ4n) is 1.36. The molecule has 0 heterocycles. The van der Waals surface area contributed by atoms with Crippen molar-refractivity contribution in [3.05, 3.63) is 29.8 Å². The lowest BCUT2D eigenvalue weighted by atomic mass is 10.1. The van der Waals surface area contributed by atoms with Gasteiger partial charge in [0, 0.05) is 19.3 Å². The first-order valence-corrected chi connectivity index (χ1v) is 4.81. The highest BCUT2D eigenvalue weighted by Gasteiger charge is 2.05. The SMILES string of the molecule is Cc1ccc(N(C)CC(C)C#N)cc1. The number of benzene rings is 1. The molecule has 74 valence electrons. The molecule has 1 atom stereocenters. The standard InChI is InChI=1S/C12H16N2/c1-10-4-6-12(7-5-10)14(3)9-11(2)8-13/h4-7,11H,9H2,1-3H3. The summed E-state index contributed by atoms with van der Waals surface area (Å²) >= 11 is 0. The monoisotopic (exact) mass is 188 g/mol. The van der Waals surface area contributed by atoms with Gasteiger partial charge >= 0.3 is 0 Å². The lowest BCUT2D eigenvalue weighted by molar-refractivity contribution is 0.716. The van der Waals surface area contributed by atoms with Crippen LogP contribution in [0.5, 0.6) is 0 Å². The maximum atomic E-state index is 8.70. The van der Waals surface area contributed by atoms with E-state index >= 15 is 0 Å². The first-order chi connectivity index (χ1) is 6.63. The minimum Gasteiger partial charge on any atom is -0.373 e. The number of hydrogen-bond donors (Lipinski definition) is 0. The molecule has 0 fully saturated rings. The summed E-state index contributed by atoms with van der Waals surface area (Å²) in [6.07, 6.45) is 0. The zero-order valence-electron chi connectivity index (χ0n) is 8.99. The number of nitrogens with zero attached hydrogens (tertiary/aromatic N) is 2. The molecule has 0 bridgehead atoms. The van der Waals surface area contributed by atoms with Crippen molar-refractivity contribution in [2.24, 2.45) is 5.92 Å². The Morgan fingerprint density at radius 2 is 1.93 bits per heavy atom. The highest BCUT2D eigenvalue weighted by atomic mass is 15.1. The third-order valence-electron chi connectivity index (χ3n) is 2.24. The Kier molecular flexibility index (Phi) is 3.53. The normalized spacial score (nSPS) is 11.9. The van der Waals surface area contributed by atoms with Crippen molar-refractivity contribution in [1.29, 1.82) is 5.26 Å². The van der Waals surface area contributed by atoms with Crippen molar-refractivity contribution in [1.82, 2.24) is 0 Å². The molecule has 0 radical (unpaired) electrons. The molecular formula is C12H16N2. The lowest BCUT2D eigenvalue weighted by Gasteiger charge is -2.20. The second-order valence-corrected chi connectivity index (χ2v) is 3.75. The quantitative estimate of drug-likeness (QED) is 0.729. The van der Waals surface area contributed by atoms with E-state index in [0.717, 1.165) is 12.2 Å². The Bertz CT molecular complexity index is 321. The molecule has 0 aliphatic rings. The van der Waals surface area contributed by atoms with Crippen molar-refractivity contribution in [2.45, 2.75) is 13.8 Å². The van der Waals surface area contributed by atoms with E-state index in [1.807, 2.05) is 14.0 Å². The van der Waals surface area contributed by atoms with Crippen LogP contribution in [0, 0.1) is 24.2 Å². The fraction of sp³-hybridized carbons (Fsp3) is 0.417. The van der Waals surface area contributed by atoms with Gasteiger partial charge in [-0.05, 0) is 26.0 Å². The van der Waals surface area contributed by atoms with E-state index in [-0.39, 0.29) is 5.92 Å². The average molecular weight is 188 g/mol. The van der Waals surface area contributed by atoms with Crippen LogP contribution in [0.1, 0.15) is 12.5 Å². The van der Waals surface area contributed by atoms with Gasteiger partial charge in [-0.15, -0.1) is 0 Å². The van der Waals surface area contributed by atoms with Gasteiger partial charge in [0.2, 0.25) is 0 Å². The van der Waals surface area contributed by atoms with E-state index in [2.05, 4.69) is 42.2 Å². The first-order valence-electron chi connectivity index (χ1n) is 4.81. The molecule has 0 aliphatic carbocycles. The minimum absolute atomic E-state index is 0.0707. The molecule has 1 aromatic carbocycles. The van der Waals surface area contributed by atoms with Crippen LogP contribution in [-0.2, 0) is 0 Å². The summed E-state index contributed by atoms with van der Waals surface area (Å²) in [5.41, 5.74) is 2.42. The van der Waals surface area contributed by atoms with Gasteiger partial charge in [-0.2, -0.15) is 5.26 Å². The van der Waals surface area contributed by atoms with E-state index in [4.69, 9.17) is 5.26 Å². The van der Waals surface area contributed by atoms with Crippen molar-refractivity contribution in [2.75, 3.05) is 18.5 Å². The summed E-state index contributed by atoms with van der Waals surface area (Å²) in [5.74, 6) is 0.0707. The topological polar surface area (TPSA) is 27.0 Å². The Morgan fingerprint density at radius 3 is 2.43 bits per heavy atom. The average Bonchev–Trinajstić information content (AvgIpc) is 2.18. The number of aryl methyl sites for hydroxylation is 1. The Labute approximate surface area is 85.8 Å². The van der Waals surface area contributed by atoms with E-state index in [1.165, 1.54) is 5.56 Å². The summed E-state index contributed by atoms with van der Waals surface area (Å²) < 4.78 is 0. The molecule has 1 rings (SSSR count). The molecule has 1 aromatic rings. The van der Waals surface area contributed by atoms with Crippen molar-refractivity contribution < 1.29 is 0 Å². The molecule has 0 spiro atoms. The predicted octanol–water partition coefficient (Wildman–Crippen LogP) is 2.59. The van der Waals surface area contributed by atoms with Crippen LogP contribution in [0.15, 0.2) is 24.3 Å². The second-order valence-electron chi connectivity index (χ2n) is 3.75. The highest BCUT2D eigenvalue weighted by Crippen LogP contribution is 2.14.